The highest BCUT2D eigenvalue weighted by atomic mass is 35.5. The molecule has 0 radical (unpaired) electrons. The number of halogens is 1. The fraction of sp³-hybridized carbons (Fsp3) is 0.632. The summed E-state index contributed by atoms with van der Waals surface area (Å²) >= 11 is 5.90. The highest BCUT2D eigenvalue weighted by Gasteiger charge is 2.31. The van der Waals surface area contributed by atoms with Crippen LogP contribution in [0.1, 0.15) is 52.9 Å². The number of sulfonamides is 1. The number of benzene rings is 1. The van der Waals surface area contributed by atoms with E-state index in [1.165, 1.54) is 4.31 Å². The lowest BCUT2D eigenvalue weighted by Gasteiger charge is -2.30. The molecule has 2 unspecified atom stereocenters. The Morgan fingerprint density at radius 2 is 1.77 bits per heavy atom. The molecule has 1 aromatic carbocycles. The number of amides is 1. The van der Waals surface area contributed by atoms with Gasteiger partial charge in [0, 0.05) is 11.6 Å². The van der Waals surface area contributed by atoms with Crippen molar-refractivity contribution in [2.24, 2.45) is 5.92 Å². The SMILES string of the molecule is CCCCC(CC)CNC(=O)C(CC)N(c1ccc(Cl)cc1)S(C)(=O)=O. The topological polar surface area (TPSA) is 66.5 Å². The van der Waals surface area contributed by atoms with Gasteiger partial charge in [0.15, 0.2) is 0 Å². The van der Waals surface area contributed by atoms with Crippen LogP contribution in [0.15, 0.2) is 24.3 Å². The van der Waals surface area contributed by atoms with Gasteiger partial charge in [-0.2, -0.15) is 0 Å². The smallest absolute Gasteiger partial charge is 0.243 e. The molecule has 7 heteroatoms. The van der Waals surface area contributed by atoms with Crippen molar-refractivity contribution < 1.29 is 13.2 Å². The van der Waals surface area contributed by atoms with Crippen molar-refractivity contribution in [1.82, 2.24) is 5.32 Å². The molecule has 1 aromatic rings. The summed E-state index contributed by atoms with van der Waals surface area (Å²) in [6.07, 6.45) is 5.81. The zero-order chi connectivity index (χ0) is 19.7. The number of nitrogens with one attached hydrogen (secondary N) is 1. The molecule has 0 aliphatic heterocycles. The maximum Gasteiger partial charge on any atom is 0.243 e. The van der Waals surface area contributed by atoms with Gasteiger partial charge in [-0.15, -0.1) is 0 Å². The van der Waals surface area contributed by atoms with Gasteiger partial charge in [-0.05, 0) is 43.0 Å². The standard InChI is InChI=1S/C19H31ClN2O3S/c1-5-8-9-15(6-2)14-21-19(23)18(7-3)22(26(4,24)25)17-12-10-16(20)11-13-17/h10-13,15,18H,5-9,14H2,1-4H3,(H,21,23). The van der Waals surface area contributed by atoms with E-state index in [-0.39, 0.29) is 5.91 Å². The van der Waals surface area contributed by atoms with E-state index in [0.29, 0.717) is 29.6 Å². The van der Waals surface area contributed by atoms with Crippen LogP contribution in [0.3, 0.4) is 0 Å². The average molecular weight is 403 g/mol. The molecular formula is C19H31ClN2O3S. The molecule has 26 heavy (non-hydrogen) atoms. The van der Waals surface area contributed by atoms with Crippen molar-refractivity contribution in [2.45, 2.75) is 58.9 Å². The monoisotopic (exact) mass is 402 g/mol. The molecule has 0 spiro atoms. The van der Waals surface area contributed by atoms with Crippen LogP contribution in [0, 0.1) is 5.92 Å². The summed E-state index contributed by atoms with van der Waals surface area (Å²) in [5, 5.41) is 3.47. The van der Waals surface area contributed by atoms with Crippen LogP contribution < -0.4 is 9.62 Å². The largest absolute Gasteiger partial charge is 0.354 e. The van der Waals surface area contributed by atoms with E-state index in [1.807, 2.05) is 6.92 Å². The van der Waals surface area contributed by atoms with Gasteiger partial charge in [0.1, 0.15) is 6.04 Å². The molecule has 0 aliphatic carbocycles. The van der Waals surface area contributed by atoms with Gasteiger partial charge in [-0.25, -0.2) is 8.42 Å². The highest BCUT2D eigenvalue weighted by Crippen LogP contribution is 2.24. The van der Waals surface area contributed by atoms with Gasteiger partial charge in [0.05, 0.1) is 11.9 Å². The van der Waals surface area contributed by atoms with E-state index in [4.69, 9.17) is 11.6 Å². The first-order valence-corrected chi connectivity index (χ1v) is 11.5. The number of unbranched alkanes of at least 4 members (excludes halogenated alkanes) is 1. The van der Waals surface area contributed by atoms with Crippen LogP contribution in [0.25, 0.3) is 0 Å². The summed E-state index contributed by atoms with van der Waals surface area (Å²) in [6.45, 7) is 6.64. The Kier molecular flexibility index (Phi) is 9.44. The molecule has 0 aliphatic rings. The second-order valence-corrected chi connectivity index (χ2v) is 8.92. The highest BCUT2D eigenvalue weighted by molar-refractivity contribution is 7.92. The van der Waals surface area contributed by atoms with Crippen LogP contribution in [0.2, 0.25) is 5.02 Å². The van der Waals surface area contributed by atoms with E-state index in [2.05, 4.69) is 19.2 Å². The molecule has 2 atom stereocenters. The van der Waals surface area contributed by atoms with Crippen molar-refractivity contribution >= 4 is 33.2 Å². The van der Waals surface area contributed by atoms with E-state index < -0.39 is 16.1 Å². The van der Waals surface area contributed by atoms with E-state index in [0.717, 1.165) is 31.9 Å². The van der Waals surface area contributed by atoms with Crippen molar-refractivity contribution in [1.29, 1.82) is 0 Å². The van der Waals surface area contributed by atoms with Gasteiger partial charge >= 0.3 is 0 Å². The Morgan fingerprint density at radius 3 is 2.23 bits per heavy atom. The number of hydrogen-bond donors (Lipinski definition) is 1. The number of carbonyl (C=O) groups excluding carboxylic acids is 1. The van der Waals surface area contributed by atoms with Crippen molar-refractivity contribution in [2.75, 3.05) is 17.1 Å². The Hall–Kier alpha value is -1.27. The molecule has 0 heterocycles. The summed E-state index contributed by atoms with van der Waals surface area (Å²) in [5.74, 6) is 0.154. The molecule has 1 N–H and O–H groups in total. The summed E-state index contributed by atoms with van der Waals surface area (Å²) in [7, 11) is -3.62. The van der Waals surface area contributed by atoms with Gasteiger partial charge < -0.3 is 5.32 Å². The summed E-state index contributed by atoms with van der Waals surface area (Å²) in [5.41, 5.74) is 0.442. The maximum absolute atomic E-state index is 12.8. The van der Waals surface area contributed by atoms with Gasteiger partial charge in [0.2, 0.25) is 15.9 Å². The van der Waals surface area contributed by atoms with E-state index >= 15 is 0 Å². The third kappa shape index (κ3) is 6.80. The fourth-order valence-electron chi connectivity index (χ4n) is 2.95. The lowest BCUT2D eigenvalue weighted by Crippen LogP contribution is -2.50. The van der Waals surface area contributed by atoms with E-state index in [1.54, 1.807) is 24.3 Å². The van der Waals surface area contributed by atoms with E-state index in [9.17, 15) is 13.2 Å². The minimum atomic E-state index is -3.62. The molecule has 0 saturated carbocycles. The first kappa shape index (κ1) is 22.8. The minimum absolute atomic E-state index is 0.261. The zero-order valence-corrected chi connectivity index (χ0v) is 17.7. The second-order valence-electron chi connectivity index (χ2n) is 6.62. The maximum atomic E-state index is 12.8. The Labute approximate surface area is 163 Å². The molecule has 0 fully saturated rings. The van der Waals surface area contributed by atoms with Crippen molar-refractivity contribution in [3.63, 3.8) is 0 Å². The Balaban J connectivity index is 2.96. The van der Waals surface area contributed by atoms with Crippen molar-refractivity contribution in [3.05, 3.63) is 29.3 Å². The fourth-order valence-corrected chi connectivity index (χ4v) is 4.29. The Bertz CT molecular complexity index is 662. The number of anilines is 1. The second kappa shape index (κ2) is 10.8. The molecule has 1 amide bonds. The molecule has 0 saturated heterocycles. The lowest BCUT2D eigenvalue weighted by molar-refractivity contribution is -0.122. The number of carbonyl (C=O) groups is 1. The molecule has 0 aromatic heterocycles. The minimum Gasteiger partial charge on any atom is -0.354 e. The first-order chi connectivity index (χ1) is 12.2. The lowest BCUT2D eigenvalue weighted by atomic mass is 9.99. The number of rotatable bonds is 11. The van der Waals surface area contributed by atoms with Gasteiger partial charge in [0.25, 0.3) is 0 Å². The van der Waals surface area contributed by atoms with Crippen LogP contribution in [-0.2, 0) is 14.8 Å². The van der Waals surface area contributed by atoms with Crippen LogP contribution in [0.5, 0.6) is 0 Å². The predicted molar refractivity (Wildman–Crippen MR) is 109 cm³/mol. The van der Waals surface area contributed by atoms with Gasteiger partial charge in [-0.3, -0.25) is 9.10 Å². The molecule has 1 rings (SSSR count). The average Bonchev–Trinajstić information content (AvgIpc) is 2.59. The first-order valence-electron chi connectivity index (χ1n) is 9.27. The summed E-state index contributed by atoms with van der Waals surface area (Å²) in [6, 6.07) is 5.70. The quantitative estimate of drug-likeness (QED) is 0.602. The molecular weight excluding hydrogens is 372 g/mol. The molecule has 0 bridgehead atoms. The number of nitrogens with zero attached hydrogens (tertiary/aromatic N) is 1. The molecule has 148 valence electrons. The van der Waals surface area contributed by atoms with Crippen LogP contribution in [-0.4, -0.2) is 33.2 Å². The van der Waals surface area contributed by atoms with Crippen molar-refractivity contribution in [3.8, 4) is 0 Å². The predicted octanol–water partition coefficient (Wildman–Crippen LogP) is 4.22. The summed E-state index contributed by atoms with van der Waals surface area (Å²) < 4.78 is 25.9. The molecule has 5 nitrogen and oxygen atoms in total. The number of hydrogen-bond acceptors (Lipinski definition) is 3. The normalized spacial score (nSPS) is 13.9. The zero-order valence-electron chi connectivity index (χ0n) is 16.2. The summed E-state index contributed by atoms with van der Waals surface area (Å²) in [4.78, 5) is 12.8. The van der Waals surface area contributed by atoms with Gasteiger partial charge in [-0.1, -0.05) is 51.6 Å². The Morgan fingerprint density at radius 1 is 1.15 bits per heavy atom. The van der Waals surface area contributed by atoms with Crippen LogP contribution in [0.4, 0.5) is 5.69 Å². The third-order valence-corrected chi connectivity index (χ3v) is 5.95. The van der Waals surface area contributed by atoms with Crippen LogP contribution >= 0.6 is 11.6 Å². The third-order valence-electron chi connectivity index (χ3n) is 4.52.